The van der Waals surface area contributed by atoms with Gasteiger partial charge >= 0.3 is 0 Å². The van der Waals surface area contributed by atoms with Gasteiger partial charge in [-0.05, 0) is 61.7 Å². The Bertz CT molecular complexity index is 1010. The molecule has 1 N–H and O–H groups in total. The van der Waals surface area contributed by atoms with Gasteiger partial charge in [0, 0.05) is 29.2 Å². The van der Waals surface area contributed by atoms with Gasteiger partial charge in [-0.25, -0.2) is 17.2 Å². The Hall–Kier alpha value is -1.84. The zero-order valence-electron chi connectivity index (χ0n) is 15.1. The van der Waals surface area contributed by atoms with E-state index in [1.165, 1.54) is 4.31 Å². The molecule has 0 spiro atoms. The third kappa shape index (κ3) is 4.42. The van der Waals surface area contributed by atoms with Gasteiger partial charge in [-0.2, -0.15) is 4.31 Å². The number of nitrogens with one attached hydrogen (secondary N) is 1. The summed E-state index contributed by atoms with van der Waals surface area (Å²) in [6, 6.07) is 8.01. The summed E-state index contributed by atoms with van der Waals surface area (Å²) in [5.74, 6) is -2.79. The fourth-order valence-electron chi connectivity index (χ4n) is 3.11. The van der Waals surface area contributed by atoms with Crippen molar-refractivity contribution < 1.29 is 22.0 Å². The van der Waals surface area contributed by atoms with E-state index < -0.39 is 21.7 Å². The number of rotatable bonds is 4. The van der Waals surface area contributed by atoms with Crippen molar-refractivity contribution in [3.8, 4) is 0 Å². The molecule has 9 heteroatoms. The number of benzene rings is 2. The number of sulfonamides is 1. The Morgan fingerprint density at radius 1 is 1.11 bits per heavy atom. The van der Waals surface area contributed by atoms with E-state index >= 15 is 0 Å². The molecule has 2 aromatic carbocycles. The normalized spacial score (nSPS) is 16.1. The van der Waals surface area contributed by atoms with Gasteiger partial charge in [0.15, 0.2) is 11.6 Å². The highest BCUT2D eigenvalue weighted by Crippen LogP contribution is 2.26. The molecule has 0 atom stereocenters. The standard InChI is InChI=1S/C19H19BrF2N2O3S/c1-12-10-14(2-4-16(12)20)23-19(25)13-6-8-24(9-7-13)28(26,27)15-3-5-17(21)18(22)11-15/h2-5,10-11,13H,6-9H2,1H3,(H,23,25). The lowest BCUT2D eigenvalue weighted by Gasteiger charge is -2.30. The van der Waals surface area contributed by atoms with Gasteiger partial charge in [-0.3, -0.25) is 4.79 Å². The maximum absolute atomic E-state index is 13.4. The number of anilines is 1. The van der Waals surface area contributed by atoms with Crippen molar-refractivity contribution in [3.63, 3.8) is 0 Å². The van der Waals surface area contributed by atoms with Gasteiger partial charge < -0.3 is 5.32 Å². The highest BCUT2D eigenvalue weighted by Gasteiger charge is 2.32. The molecule has 0 bridgehead atoms. The van der Waals surface area contributed by atoms with Crippen LogP contribution in [-0.4, -0.2) is 31.7 Å². The summed E-state index contributed by atoms with van der Waals surface area (Å²) in [6.45, 7) is 2.19. The molecule has 0 unspecified atom stereocenters. The molecule has 3 rings (SSSR count). The number of aryl methyl sites for hydroxylation is 1. The predicted octanol–water partition coefficient (Wildman–Crippen LogP) is 4.08. The van der Waals surface area contributed by atoms with Crippen LogP contribution in [0.15, 0.2) is 45.8 Å². The Morgan fingerprint density at radius 3 is 2.39 bits per heavy atom. The maximum atomic E-state index is 13.4. The van der Waals surface area contributed by atoms with E-state index in [9.17, 15) is 22.0 Å². The van der Waals surface area contributed by atoms with Crippen molar-refractivity contribution in [2.24, 2.45) is 5.92 Å². The van der Waals surface area contributed by atoms with E-state index in [-0.39, 0.29) is 29.8 Å². The van der Waals surface area contributed by atoms with Crippen molar-refractivity contribution in [2.75, 3.05) is 18.4 Å². The van der Waals surface area contributed by atoms with Crippen LogP contribution >= 0.6 is 15.9 Å². The van der Waals surface area contributed by atoms with Gasteiger partial charge in [-0.15, -0.1) is 0 Å². The zero-order valence-corrected chi connectivity index (χ0v) is 17.5. The first-order valence-electron chi connectivity index (χ1n) is 8.70. The van der Waals surface area contributed by atoms with E-state index in [1.807, 2.05) is 19.1 Å². The van der Waals surface area contributed by atoms with E-state index in [1.54, 1.807) is 6.07 Å². The van der Waals surface area contributed by atoms with Crippen LogP contribution in [0.5, 0.6) is 0 Å². The minimum absolute atomic E-state index is 0.138. The Balaban J connectivity index is 1.63. The van der Waals surface area contributed by atoms with Gasteiger partial charge in [0.1, 0.15) is 0 Å². The van der Waals surface area contributed by atoms with Gasteiger partial charge in [0.25, 0.3) is 0 Å². The molecule has 0 saturated carbocycles. The van der Waals surface area contributed by atoms with E-state index in [0.29, 0.717) is 24.6 Å². The Labute approximate surface area is 170 Å². The number of amides is 1. The molecule has 0 aromatic heterocycles. The van der Waals surface area contributed by atoms with Crippen LogP contribution in [0.4, 0.5) is 14.5 Å². The number of hydrogen-bond donors (Lipinski definition) is 1. The van der Waals surface area contributed by atoms with E-state index in [0.717, 1.165) is 22.2 Å². The van der Waals surface area contributed by atoms with Crippen molar-refractivity contribution in [1.29, 1.82) is 0 Å². The van der Waals surface area contributed by atoms with E-state index in [2.05, 4.69) is 21.2 Å². The minimum atomic E-state index is -3.93. The number of nitrogens with zero attached hydrogens (tertiary/aromatic N) is 1. The second-order valence-electron chi connectivity index (χ2n) is 6.71. The van der Waals surface area contributed by atoms with Crippen LogP contribution in [0.2, 0.25) is 0 Å². The summed E-state index contributed by atoms with van der Waals surface area (Å²) in [4.78, 5) is 12.2. The molecule has 1 fully saturated rings. The number of carbonyl (C=O) groups excluding carboxylic acids is 1. The van der Waals surface area contributed by atoms with Crippen LogP contribution in [0.3, 0.4) is 0 Å². The topological polar surface area (TPSA) is 66.5 Å². The highest BCUT2D eigenvalue weighted by molar-refractivity contribution is 9.10. The molecule has 2 aromatic rings. The number of carbonyl (C=O) groups is 1. The maximum Gasteiger partial charge on any atom is 0.243 e. The third-order valence-electron chi connectivity index (χ3n) is 4.78. The molecule has 5 nitrogen and oxygen atoms in total. The molecule has 1 aliphatic rings. The molecule has 1 aliphatic heterocycles. The van der Waals surface area contributed by atoms with Crippen LogP contribution in [0, 0.1) is 24.5 Å². The van der Waals surface area contributed by atoms with Crippen molar-refractivity contribution in [2.45, 2.75) is 24.7 Å². The van der Waals surface area contributed by atoms with Crippen LogP contribution in [0.25, 0.3) is 0 Å². The number of piperidine rings is 1. The summed E-state index contributed by atoms with van der Waals surface area (Å²) in [5, 5.41) is 2.86. The summed E-state index contributed by atoms with van der Waals surface area (Å²) < 4.78 is 53.8. The molecule has 1 saturated heterocycles. The van der Waals surface area contributed by atoms with Crippen LogP contribution in [0.1, 0.15) is 18.4 Å². The van der Waals surface area contributed by atoms with Crippen molar-refractivity contribution >= 4 is 37.5 Å². The zero-order chi connectivity index (χ0) is 20.5. The molecular weight excluding hydrogens is 454 g/mol. The molecular formula is C19H19BrF2N2O3S. The highest BCUT2D eigenvalue weighted by atomic mass is 79.9. The summed E-state index contributed by atoms with van der Waals surface area (Å²) >= 11 is 3.41. The molecule has 1 heterocycles. The number of halogens is 3. The Morgan fingerprint density at radius 2 is 1.79 bits per heavy atom. The molecule has 0 aliphatic carbocycles. The van der Waals surface area contributed by atoms with Crippen LogP contribution in [-0.2, 0) is 14.8 Å². The molecule has 0 radical (unpaired) electrons. The number of hydrogen-bond acceptors (Lipinski definition) is 3. The molecule has 150 valence electrons. The fourth-order valence-corrected chi connectivity index (χ4v) is 4.84. The first kappa shape index (κ1) is 20.9. The average Bonchev–Trinajstić information content (AvgIpc) is 2.67. The van der Waals surface area contributed by atoms with Gasteiger partial charge in [0.05, 0.1) is 4.90 Å². The smallest absolute Gasteiger partial charge is 0.243 e. The second kappa shape index (κ2) is 8.26. The summed E-state index contributed by atoms with van der Waals surface area (Å²) in [7, 11) is -3.93. The first-order valence-corrected chi connectivity index (χ1v) is 10.9. The molecule has 28 heavy (non-hydrogen) atoms. The first-order chi connectivity index (χ1) is 13.2. The lowest BCUT2D eigenvalue weighted by molar-refractivity contribution is -0.120. The van der Waals surface area contributed by atoms with Gasteiger partial charge in [0.2, 0.25) is 15.9 Å². The minimum Gasteiger partial charge on any atom is -0.326 e. The van der Waals surface area contributed by atoms with Gasteiger partial charge in [-0.1, -0.05) is 15.9 Å². The third-order valence-corrected chi connectivity index (χ3v) is 7.56. The Kier molecular flexibility index (Phi) is 6.16. The molecule has 1 amide bonds. The monoisotopic (exact) mass is 472 g/mol. The second-order valence-corrected chi connectivity index (χ2v) is 9.50. The van der Waals surface area contributed by atoms with E-state index in [4.69, 9.17) is 0 Å². The summed E-state index contributed by atoms with van der Waals surface area (Å²) in [5.41, 5.74) is 1.67. The lowest BCUT2D eigenvalue weighted by atomic mass is 9.97. The summed E-state index contributed by atoms with van der Waals surface area (Å²) in [6.07, 6.45) is 0.703. The average molecular weight is 473 g/mol. The quantitative estimate of drug-likeness (QED) is 0.728. The largest absolute Gasteiger partial charge is 0.326 e. The van der Waals surface area contributed by atoms with Crippen molar-refractivity contribution in [1.82, 2.24) is 4.31 Å². The van der Waals surface area contributed by atoms with Crippen LogP contribution < -0.4 is 5.32 Å². The predicted molar refractivity (Wildman–Crippen MR) is 105 cm³/mol. The lowest BCUT2D eigenvalue weighted by Crippen LogP contribution is -2.41. The van der Waals surface area contributed by atoms with Crippen molar-refractivity contribution in [3.05, 3.63) is 58.1 Å². The fraction of sp³-hybridized carbons (Fsp3) is 0.316. The SMILES string of the molecule is Cc1cc(NC(=O)C2CCN(S(=O)(=O)c3ccc(F)c(F)c3)CC2)ccc1Br.